The van der Waals surface area contributed by atoms with Gasteiger partial charge in [0.1, 0.15) is 5.65 Å². The molecule has 0 amide bonds. The van der Waals surface area contributed by atoms with Gasteiger partial charge in [-0.2, -0.15) is 9.61 Å². The van der Waals surface area contributed by atoms with E-state index in [0.29, 0.717) is 27.4 Å². The number of rotatable bonds is 1. The minimum Gasteiger partial charge on any atom is -0.306 e. The van der Waals surface area contributed by atoms with Gasteiger partial charge in [0.15, 0.2) is 5.65 Å². The van der Waals surface area contributed by atoms with E-state index in [0.717, 1.165) is 11.1 Å². The van der Waals surface area contributed by atoms with Crippen LogP contribution in [0.25, 0.3) is 27.8 Å². The lowest BCUT2D eigenvalue weighted by Crippen LogP contribution is -2.11. The molecule has 3 heterocycles. The molecule has 5 nitrogen and oxygen atoms in total. The molecule has 0 aliphatic carbocycles. The van der Waals surface area contributed by atoms with E-state index in [9.17, 15) is 4.79 Å². The Labute approximate surface area is 130 Å². The van der Waals surface area contributed by atoms with Crippen LogP contribution in [-0.2, 0) is 0 Å². The summed E-state index contributed by atoms with van der Waals surface area (Å²) in [5.74, 6) is 0. The number of pyridine rings is 1. The summed E-state index contributed by atoms with van der Waals surface area (Å²) in [4.78, 5) is 19.7. The average Bonchev–Trinajstić information content (AvgIpc) is 2.88. The average molecular weight is 311 g/mol. The van der Waals surface area contributed by atoms with Crippen molar-refractivity contribution in [3.8, 4) is 11.1 Å². The SMILES string of the molecule is Cc1cc2ncc3cc(-c4ccccc4Cl)c(=O)[nH]c3n2n1. The van der Waals surface area contributed by atoms with Crippen LogP contribution >= 0.6 is 11.6 Å². The molecule has 1 N–H and O–H groups in total. The highest BCUT2D eigenvalue weighted by molar-refractivity contribution is 6.33. The Morgan fingerprint density at radius 1 is 1.18 bits per heavy atom. The van der Waals surface area contributed by atoms with Gasteiger partial charge >= 0.3 is 0 Å². The van der Waals surface area contributed by atoms with Crippen LogP contribution < -0.4 is 5.56 Å². The number of aromatic nitrogens is 4. The van der Waals surface area contributed by atoms with Crippen LogP contribution in [0.2, 0.25) is 5.02 Å². The summed E-state index contributed by atoms with van der Waals surface area (Å²) in [5.41, 5.74) is 3.18. The van der Waals surface area contributed by atoms with E-state index in [1.807, 2.05) is 31.2 Å². The molecule has 1 aromatic carbocycles. The Balaban J connectivity index is 2.07. The first-order valence-corrected chi connectivity index (χ1v) is 7.14. The molecule has 0 saturated heterocycles. The Morgan fingerprint density at radius 2 is 2.00 bits per heavy atom. The first kappa shape index (κ1) is 13.0. The third-order valence-corrected chi connectivity index (χ3v) is 3.90. The standard InChI is InChI=1S/C16H11ClN4O/c1-9-6-14-18-8-10-7-12(11-4-2-3-5-13(11)17)16(22)19-15(10)21(14)20-9/h2-8H,1H3,(H,19,22). The summed E-state index contributed by atoms with van der Waals surface area (Å²) in [6, 6.07) is 10.9. The Kier molecular flexibility index (Phi) is 2.77. The second-order valence-corrected chi connectivity index (χ2v) is 5.52. The molecule has 0 bridgehead atoms. The van der Waals surface area contributed by atoms with Gasteiger partial charge < -0.3 is 4.98 Å². The highest BCUT2D eigenvalue weighted by Crippen LogP contribution is 2.26. The molecule has 0 aliphatic heterocycles. The summed E-state index contributed by atoms with van der Waals surface area (Å²) >= 11 is 6.19. The molecule has 108 valence electrons. The van der Waals surface area contributed by atoms with Gasteiger partial charge in [-0.1, -0.05) is 29.8 Å². The molecule has 0 atom stereocenters. The number of aryl methyl sites for hydroxylation is 1. The van der Waals surface area contributed by atoms with Crippen LogP contribution in [0.3, 0.4) is 0 Å². The second kappa shape index (κ2) is 4.68. The van der Waals surface area contributed by atoms with Crippen LogP contribution in [0.15, 0.2) is 47.4 Å². The predicted octanol–water partition coefficient (Wildman–Crippen LogP) is 3.20. The number of hydrogen-bond acceptors (Lipinski definition) is 3. The third-order valence-electron chi connectivity index (χ3n) is 3.57. The van der Waals surface area contributed by atoms with Crippen molar-refractivity contribution >= 4 is 28.3 Å². The molecule has 0 unspecified atom stereocenters. The van der Waals surface area contributed by atoms with Gasteiger partial charge in [-0.3, -0.25) is 4.79 Å². The highest BCUT2D eigenvalue weighted by atomic mass is 35.5. The molecule has 0 saturated carbocycles. The fourth-order valence-corrected chi connectivity index (χ4v) is 2.81. The van der Waals surface area contributed by atoms with E-state index in [-0.39, 0.29) is 5.56 Å². The normalized spacial score (nSPS) is 11.4. The van der Waals surface area contributed by atoms with E-state index in [1.165, 1.54) is 0 Å². The molecule has 6 heteroatoms. The van der Waals surface area contributed by atoms with E-state index >= 15 is 0 Å². The fourth-order valence-electron chi connectivity index (χ4n) is 2.57. The Bertz CT molecular complexity index is 1080. The van der Waals surface area contributed by atoms with Gasteiger partial charge in [0.25, 0.3) is 5.56 Å². The summed E-state index contributed by atoms with van der Waals surface area (Å²) < 4.78 is 1.64. The first-order chi connectivity index (χ1) is 10.6. The van der Waals surface area contributed by atoms with Gasteiger partial charge in [0, 0.05) is 33.8 Å². The Hall–Kier alpha value is -2.66. The first-order valence-electron chi connectivity index (χ1n) is 6.77. The quantitative estimate of drug-likeness (QED) is 0.587. The van der Waals surface area contributed by atoms with E-state index in [2.05, 4.69) is 15.1 Å². The lowest BCUT2D eigenvalue weighted by atomic mass is 10.1. The smallest absolute Gasteiger partial charge is 0.257 e. The summed E-state index contributed by atoms with van der Waals surface area (Å²) in [7, 11) is 0. The molecule has 0 radical (unpaired) electrons. The van der Waals surface area contributed by atoms with Crippen molar-refractivity contribution < 1.29 is 0 Å². The molecule has 3 aromatic heterocycles. The van der Waals surface area contributed by atoms with Crippen molar-refractivity contribution in [1.82, 2.24) is 19.6 Å². The van der Waals surface area contributed by atoms with Crippen molar-refractivity contribution in [2.45, 2.75) is 6.92 Å². The molecule has 0 spiro atoms. The van der Waals surface area contributed by atoms with Crippen LogP contribution in [0.1, 0.15) is 5.69 Å². The number of fused-ring (bicyclic) bond motifs is 3. The topological polar surface area (TPSA) is 63.0 Å². The number of halogens is 1. The lowest BCUT2D eigenvalue weighted by Gasteiger charge is -2.06. The van der Waals surface area contributed by atoms with Crippen molar-refractivity contribution in [3.63, 3.8) is 0 Å². The molecule has 4 rings (SSSR count). The van der Waals surface area contributed by atoms with E-state index in [4.69, 9.17) is 11.6 Å². The number of aromatic amines is 1. The summed E-state index contributed by atoms with van der Waals surface area (Å²) in [6.45, 7) is 1.89. The van der Waals surface area contributed by atoms with Crippen molar-refractivity contribution in [1.29, 1.82) is 0 Å². The maximum Gasteiger partial charge on any atom is 0.257 e. The van der Waals surface area contributed by atoms with Crippen molar-refractivity contribution in [2.24, 2.45) is 0 Å². The fraction of sp³-hybridized carbons (Fsp3) is 0.0625. The van der Waals surface area contributed by atoms with Crippen LogP contribution in [0.4, 0.5) is 0 Å². The predicted molar refractivity (Wildman–Crippen MR) is 86.3 cm³/mol. The van der Waals surface area contributed by atoms with E-state index in [1.54, 1.807) is 22.8 Å². The molecule has 22 heavy (non-hydrogen) atoms. The number of nitrogens with one attached hydrogen (secondary N) is 1. The molecular formula is C16H11ClN4O. The van der Waals surface area contributed by atoms with Crippen LogP contribution in [-0.4, -0.2) is 19.6 Å². The summed E-state index contributed by atoms with van der Waals surface area (Å²) in [6.07, 6.45) is 1.72. The maximum atomic E-state index is 12.5. The van der Waals surface area contributed by atoms with Gasteiger partial charge in [0.05, 0.1) is 5.69 Å². The van der Waals surface area contributed by atoms with Crippen LogP contribution in [0, 0.1) is 6.92 Å². The minimum atomic E-state index is -0.207. The van der Waals surface area contributed by atoms with E-state index < -0.39 is 0 Å². The van der Waals surface area contributed by atoms with Crippen molar-refractivity contribution in [2.75, 3.05) is 0 Å². The van der Waals surface area contributed by atoms with Gasteiger partial charge in [-0.25, -0.2) is 4.98 Å². The molecular weight excluding hydrogens is 300 g/mol. The zero-order chi connectivity index (χ0) is 15.3. The third kappa shape index (κ3) is 1.90. The van der Waals surface area contributed by atoms with Gasteiger partial charge in [-0.15, -0.1) is 0 Å². The molecule has 0 fully saturated rings. The lowest BCUT2D eigenvalue weighted by molar-refractivity contribution is 0.936. The van der Waals surface area contributed by atoms with Gasteiger partial charge in [0.2, 0.25) is 0 Å². The number of hydrogen-bond donors (Lipinski definition) is 1. The Morgan fingerprint density at radius 3 is 2.82 bits per heavy atom. The monoisotopic (exact) mass is 310 g/mol. The highest BCUT2D eigenvalue weighted by Gasteiger charge is 2.11. The maximum absolute atomic E-state index is 12.5. The zero-order valence-electron chi connectivity index (χ0n) is 11.7. The number of nitrogens with zero attached hydrogens (tertiary/aromatic N) is 3. The minimum absolute atomic E-state index is 0.207. The van der Waals surface area contributed by atoms with Crippen LogP contribution in [0.5, 0.6) is 0 Å². The number of benzene rings is 1. The summed E-state index contributed by atoms with van der Waals surface area (Å²) in [5, 5.41) is 5.70. The second-order valence-electron chi connectivity index (χ2n) is 5.11. The number of H-pyrrole nitrogens is 1. The van der Waals surface area contributed by atoms with Crippen molar-refractivity contribution in [3.05, 3.63) is 63.7 Å². The molecule has 4 aromatic rings. The zero-order valence-corrected chi connectivity index (χ0v) is 12.4. The molecule has 0 aliphatic rings. The van der Waals surface area contributed by atoms with Gasteiger partial charge in [-0.05, 0) is 19.1 Å². The largest absolute Gasteiger partial charge is 0.306 e.